The summed E-state index contributed by atoms with van der Waals surface area (Å²) in [6.45, 7) is 2.29. The summed E-state index contributed by atoms with van der Waals surface area (Å²) in [6, 6.07) is 10.2. The Morgan fingerprint density at radius 2 is 1.83 bits per heavy atom. The normalized spacial score (nSPS) is 9.08. The van der Waals surface area contributed by atoms with Crippen LogP contribution in [-0.2, 0) is 11.3 Å². The van der Waals surface area contributed by atoms with Crippen LogP contribution >= 0.6 is 0 Å². The first-order chi connectivity index (χ1) is 5.43. The largest absolute Gasteiger partial charge is 1.00 e. The van der Waals surface area contributed by atoms with Crippen LogP contribution in [-0.4, -0.2) is 13.2 Å². The molecule has 1 aromatic carbocycles. The highest BCUT2D eigenvalue weighted by molar-refractivity contribution is 5.13. The standard InChI is InChI=1S/C9H13NO.ClH/c10-6-7-11-8-9-4-2-1-3-5-9;/h1-5H,6-8,10H2;1H. The van der Waals surface area contributed by atoms with E-state index in [9.17, 15) is 0 Å². The molecule has 0 bridgehead atoms. The lowest BCUT2D eigenvalue weighted by molar-refractivity contribution is -0.374. The average molecular weight is 188 g/mol. The molecule has 1 aromatic rings. The van der Waals surface area contributed by atoms with Crippen LogP contribution < -0.4 is 18.1 Å². The van der Waals surface area contributed by atoms with E-state index in [1.54, 1.807) is 0 Å². The molecular weight excluding hydrogens is 174 g/mol. The van der Waals surface area contributed by atoms with Gasteiger partial charge < -0.3 is 22.9 Å². The number of ether oxygens (including phenoxy) is 1. The molecule has 0 radical (unpaired) electrons. The molecule has 0 heterocycles. The number of hydrogen-bond acceptors (Lipinski definition) is 1. The molecule has 68 valence electrons. The van der Waals surface area contributed by atoms with Gasteiger partial charge in [0.15, 0.2) is 0 Å². The van der Waals surface area contributed by atoms with Gasteiger partial charge in [-0.3, -0.25) is 0 Å². The maximum absolute atomic E-state index is 5.31. The lowest BCUT2D eigenvalue weighted by Crippen LogP contribution is -3.00. The Kier molecular flexibility index (Phi) is 6.76. The summed E-state index contributed by atoms with van der Waals surface area (Å²) in [5, 5.41) is 0. The van der Waals surface area contributed by atoms with Crippen molar-refractivity contribution < 1.29 is 22.9 Å². The second-order valence-electron chi connectivity index (χ2n) is 2.39. The summed E-state index contributed by atoms with van der Waals surface area (Å²) in [5.41, 5.74) is 4.91. The predicted molar refractivity (Wildman–Crippen MR) is 43.9 cm³/mol. The van der Waals surface area contributed by atoms with Crippen molar-refractivity contribution in [1.29, 1.82) is 0 Å². The third kappa shape index (κ3) is 4.34. The molecule has 3 heteroatoms. The van der Waals surface area contributed by atoms with Gasteiger partial charge in [-0.1, -0.05) is 30.3 Å². The molecule has 3 N–H and O–H groups in total. The molecular formula is C9H14ClNO. The summed E-state index contributed by atoms with van der Waals surface area (Å²) in [5.74, 6) is 0. The predicted octanol–water partition coefficient (Wildman–Crippen LogP) is -2.55. The van der Waals surface area contributed by atoms with Crippen LogP contribution in [0.25, 0.3) is 0 Å². The quantitative estimate of drug-likeness (QED) is 0.518. The van der Waals surface area contributed by atoms with Crippen molar-refractivity contribution in [3.63, 3.8) is 0 Å². The Hall–Kier alpha value is -0.570. The second-order valence-corrected chi connectivity index (χ2v) is 2.39. The van der Waals surface area contributed by atoms with Gasteiger partial charge in [-0.25, -0.2) is 0 Å². The lowest BCUT2D eigenvalue weighted by Gasteiger charge is -1.99. The first-order valence-corrected chi connectivity index (χ1v) is 3.84. The molecule has 0 atom stereocenters. The molecule has 0 fully saturated rings. The monoisotopic (exact) mass is 187 g/mol. The van der Waals surface area contributed by atoms with Crippen LogP contribution in [0.1, 0.15) is 5.56 Å². The molecule has 0 aliphatic carbocycles. The number of rotatable bonds is 4. The van der Waals surface area contributed by atoms with Crippen molar-refractivity contribution in [2.24, 2.45) is 0 Å². The zero-order valence-corrected chi connectivity index (χ0v) is 7.76. The summed E-state index contributed by atoms with van der Waals surface area (Å²) < 4.78 is 5.31. The van der Waals surface area contributed by atoms with Gasteiger partial charge in [0.25, 0.3) is 0 Å². The van der Waals surface area contributed by atoms with Gasteiger partial charge in [0.1, 0.15) is 0 Å². The zero-order chi connectivity index (χ0) is 7.94. The van der Waals surface area contributed by atoms with Gasteiger partial charge in [0.05, 0.1) is 19.8 Å². The van der Waals surface area contributed by atoms with Crippen molar-refractivity contribution in [2.75, 3.05) is 13.2 Å². The van der Waals surface area contributed by atoms with Crippen LogP contribution in [0.4, 0.5) is 0 Å². The summed E-state index contributed by atoms with van der Waals surface area (Å²) in [6.07, 6.45) is 0. The van der Waals surface area contributed by atoms with Gasteiger partial charge in [0.2, 0.25) is 0 Å². The Labute approximate surface area is 79.1 Å². The Bertz CT molecular complexity index is 191. The molecule has 0 saturated carbocycles. The summed E-state index contributed by atoms with van der Waals surface area (Å²) >= 11 is 0. The number of hydrogen-bond donors (Lipinski definition) is 1. The number of benzene rings is 1. The summed E-state index contributed by atoms with van der Waals surface area (Å²) in [7, 11) is 0. The van der Waals surface area contributed by atoms with Crippen molar-refractivity contribution in [3.8, 4) is 0 Å². The molecule has 0 saturated heterocycles. The van der Waals surface area contributed by atoms with Crippen LogP contribution in [0.15, 0.2) is 30.3 Å². The molecule has 2 nitrogen and oxygen atoms in total. The third-order valence-electron chi connectivity index (χ3n) is 1.40. The molecule has 1 rings (SSSR count). The van der Waals surface area contributed by atoms with E-state index in [1.165, 1.54) is 5.56 Å². The van der Waals surface area contributed by atoms with Crippen LogP contribution in [0.5, 0.6) is 0 Å². The highest BCUT2D eigenvalue weighted by Gasteiger charge is 1.89. The first kappa shape index (κ1) is 11.4. The fourth-order valence-corrected chi connectivity index (χ4v) is 0.866. The molecule has 0 aromatic heterocycles. The Morgan fingerprint density at radius 3 is 2.42 bits per heavy atom. The first-order valence-electron chi connectivity index (χ1n) is 3.84. The smallest absolute Gasteiger partial charge is 0.0977 e. The number of halogens is 1. The van der Waals surface area contributed by atoms with Crippen molar-refractivity contribution in [1.82, 2.24) is 0 Å². The van der Waals surface area contributed by atoms with E-state index in [-0.39, 0.29) is 12.4 Å². The van der Waals surface area contributed by atoms with E-state index >= 15 is 0 Å². The minimum Gasteiger partial charge on any atom is -1.00 e. The maximum atomic E-state index is 5.31. The van der Waals surface area contributed by atoms with E-state index in [2.05, 4.69) is 17.9 Å². The van der Waals surface area contributed by atoms with E-state index in [0.29, 0.717) is 6.61 Å². The topological polar surface area (TPSA) is 36.9 Å². The lowest BCUT2D eigenvalue weighted by atomic mass is 10.2. The molecule has 0 aliphatic heterocycles. The Morgan fingerprint density at radius 1 is 1.17 bits per heavy atom. The second kappa shape index (κ2) is 7.10. The third-order valence-corrected chi connectivity index (χ3v) is 1.40. The molecule has 0 amide bonds. The van der Waals surface area contributed by atoms with E-state index < -0.39 is 0 Å². The minimum absolute atomic E-state index is 0. The van der Waals surface area contributed by atoms with E-state index in [1.807, 2.05) is 18.2 Å². The minimum atomic E-state index is 0. The summed E-state index contributed by atoms with van der Waals surface area (Å²) in [4.78, 5) is 0. The zero-order valence-electron chi connectivity index (χ0n) is 7.00. The SMILES string of the molecule is [Cl-].[NH3+]CCOCc1ccccc1. The van der Waals surface area contributed by atoms with E-state index in [0.717, 1.165) is 13.2 Å². The fourth-order valence-electron chi connectivity index (χ4n) is 0.866. The Balaban J connectivity index is 0.00000121. The van der Waals surface area contributed by atoms with Crippen LogP contribution in [0.2, 0.25) is 0 Å². The molecule has 12 heavy (non-hydrogen) atoms. The van der Waals surface area contributed by atoms with Gasteiger partial charge in [-0.15, -0.1) is 0 Å². The fraction of sp³-hybridized carbons (Fsp3) is 0.333. The van der Waals surface area contributed by atoms with Crippen LogP contribution in [0, 0.1) is 0 Å². The maximum Gasteiger partial charge on any atom is 0.0977 e. The average Bonchev–Trinajstić information content (AvgIpc) is 2.07. The molecule has 0 spiro atoms. The van der Waals surface area contributed by atoms with Crippen molar-refractivity contribution in [2.45, 2.75) is 6.61 Å². The van der Waals surface area contributed by atoms with E-state index in [4.69, 9.17) is 4.74 Å². The number of quaternary nitrogens is 1. The highest BCUT2D eigenvalue weighted by atomic mass is 35.5. The van der Waals surface area contributed by atoms with Crippen molar-refractivity contribution in [3.05, 3.63) is 35.9 Å². The van der Waals surface area contributed by atoms with Gasteiger partial charge in [0, 0.05) is 0 Å². The van der Waals surface area contributed by atoms with Gasteiger partial charge >= 0.3 is 0 Å². The molecule has 0 aliphatic rings. The van der Waals surface area contributed by atoms with Crippen molar-refractivity contribution >= 4 is 0 Å². The highest BCUT2D eigenvalue weighted by Crippen LogP contribution is 1.99. The van der Waals surface area contributed by atoms with Crippen LogP contribution in [0.3, 0.4) is 0 Å². The van der Waals surface area contributed by atoms with Gasteiger partial charge in [-0.2, -0.15) is 0 Å². The van der Waals surface area contributed by atoms with Gasteiger partial charge in [-0.05, 0) is 5.56 Å². The molecule has 0 unspecified atom stereocenters.